The molecule has 2 saturated heterocycles. The summed E-state index contributed by atoms with van der Waals surface area (Å²) in [6.07, 6.45) is 2.74. The Kier molecular flexibility index (Phi) is 9.09. The Labute approximate surface area is 209 Å². The van der Waals surface area contributed by atoms with E-state index in [9.17, 15) is 13.2 Å². The largest absolute Gasteiger partial charge is 0.355 e. The third-order valence-corrected chi connectivity index (χ3v) is 8.42. The fourth-order valence-electron chi connectivity index (χ4n) is 4.68. The summed E-state index contributed by atoms with van der Waals surface area (Å²) in [5.41, 5.74) is 2.20. The number of carbonyl (C=O) groups excluding carboxylic acids is 1. The smallest absolute Gasteiger partial charge is 0.236 e. The molecule has 2 heterocycles. The predicted octanol–water partition coefficient (Wildman–Crippen LogP) is 2.63. The molecule has 2 aliphatic heterocycles. The fourth-order valence-corrected chi connectivity index (χ4v) is 5.90. The minimum Gasteiger partial charge on any atom is -0.355 e. The maximum Gasteiger partial charge on any atom is 0.236 e. The van der Waals surface area contributed by atoms with E-state index in [0.717, 1.165) is 44.8 Å². The number of hydrogen-bond acceptors (Lipinski definition) is 5. The standard InChI is InChI=1S/C27H36N4O3S/c32-27(28-14-17-29-18-20-30(21-19-29)23-25-9-5-2-6-10-25)26-11-15-31(16-12-26)35(33,34)22-13-24-7-3-1-4-8-24/h1-10,13,22,26H,11-12,14-21,23H2,(H,28,32)/b22-13+. The Balaban J connectivity index is 1.13. The van der Waals surface area contributed by atoms with E-state index in [2.05, 4.69) is 39.4 Å². The molecule has 0 atom stereocenters. The van der Waals surface area contributed by atoms with E-state index in [0.29, 0.717) is 32.5 Å². The zero-order valence-corrected chi connectivity index (χ0v) is 21.1. The zero-order valence-electron chi connectivity index (χ0n) is 20.3. The Morgan fingerprint density at radius 2 is 1.46 bits per heavy atom. The van der Waals surface area contributed by atoms with E-state index < -0.39 is 10.0 Å². The minimum absolute atomic E-state index is 0.0459. The van der Waals surface area contributed by atoms with Crippen LogP contribution in [0.25, 0.3) is 6.08 Å². The molecule has 35 heavy (non-hydrogen) atoms. The van der Waals surface area contributed by atoms with Gasteiger partial charge in [-0.3, -0.25) is 14.6 Å². The number of amides is 1. The number of carbonyl (C=O) groups is 1. The van der Waals surface area contributed by atoms with E-state index in [1.165, 1.54) is 15.3 Å². The highest BCUT2D eigenvalue weighted by Crippen LogP contribution is 2.21. The molecule has 0 aromatic heterocycles. The molecule has 188 valence electrons. The number of piperidine rings is 1. The molecule has 0 radical (unpaired) electrons. The van der Waals surface area contributed by atoms with Crippen molar-refractivity contribution in [3.05, 3.63) is 77.2 Å². The molecule has 0 saturated carbocycles. The molecular weight excluding hydrogens is 460 g/mol. The minimum atomic E-state index is -3.48. The lowest BCUT2D eigenvalue weighted by Crippen LogP contribution is -2.48. The summed E-state index contributed by atoms with van der Waals surface area (Å²) in [6.45, 7) is 7.32. The van der Waals surface area contributed by atoms with Gasteiger partial charge in [0.15, 0.2) is 0 Å². The average molecular weight is 497 g/mol. The first-order chi connectivity index (χ1) is 17.0. The van der Waals surface area contributed by atoms with E-state index in [4.69, 9.17) is 0 Å². The van der Waals surface area contributed by atoms with Crippen LogP contribution in [0.3, 0.4) is 0 Å². The maximum atomic E-state index is 12.6. The normalized spacial score (nSPS) is 19.2. The summed E-state index contributed by atoms with van der Waals surface area (Å²) in [7, 11) is -3.48. The lowest BCUT2D eigenvalue weighted by atomic mass is 9.97. The number of hydrogen-bond donors (Lipinski definition) is 1. The third-order valence-electron chi connectivity index (χ3n) is 6.86. The number of nitrogens with zero attached hydrogens (tertiary/aromatic N) is 3. The van der Waals surface area contributed by atoms with Gasteiger partial charge < -0.3 is 5.32 Å². The third kappa shape index (κ3) is 7.73. The van der Waals surface area contributed by atoms with E-state index in [1.54, 1.807) is 6.08 Å². The molecule has 8 heteroatoms. The molecule has 0 spiro atoms. The van der Waals surface area contributed by atoms with Crippen LogP contribution in [0.4, 0.5) is 0 Å². The van der Waals surface area contributed by atoms with Crippen molar-refractivity contribution in [2.75, 3.05) is 52.4 Å². The van der Waals surface area contributed by atoms with E-state index in [1.807, 2.05) is 36.4 Å². The highest BCUT2D eigenvalue weighted by molar-refractivity contribution is 7.92. The second-order valence-corrected chi connectivity index (χ2v) is 11.1. The second kappa shape index (κ2) is 12.4. The van der Waals surface area contributed by atoms with Crippen LogP contribution in [0.2, 0.25) is 0 Å². The summed E-state index contributed by atoms with van der Waals surface area (Å²) >= 11 is 0. The summed E-state index contributed by atoms with van der Waals surface area (Å²) in [5, 5.41) is 4.34. The highest BCUT2D eigenvalue weighted by atomic mass is 32.2. The van der Waals surface area contributed by atoms with E-state index in [-0.39, 0.29) is 11.8 Å². The fraction of sp³-hybridized carbons (Fsp3) is 0.444. The first kappa shape index (κ1) is 25.6. The van der Waals surface area contributed by atoms with Gasteiger partial charge in [-0.2, -0.15) is 4.31 Å². The Bertz CT molecular complexity index is 1060. The van der Waals surface area contributed by atoms with Gasteiger partial charge in [-0.1, -0.05) is 60.7 Å². The SMILES string of the molecule is O=C(NCCN1CCN(Cc2ccccc2)CC1)C1CCN(S(=O)(=O)/C=C/c2ccccc2)CC1. The molecule has 2 aromatic rings. The van der Waals surface area contributed by atoms with Crippen LogP contribution in [0.5, 0.6) is 0 Å². The van der Waals surface area contributed by atoms with Gasteiger partial charge in [-0.15, -0.1) is 0 Å². The molecule has 0 aliphatic carbocycles. The number of nitrogens with one attached hydrogen (secondary N) is 1. The van der Waals surface area contributed by atoms with Crippen molar-refractivity contribution in [1.29, 1.82) is 0 Å². The molecule has 1 N–H and O–H groups in total. The second-order valence-electron chi connectivity index (χ2n) is 9.33. The molecule has 0 unspecified atom stereocenters. The Morgan fingerprint density at radius 1 is 0.857 bits per heavy atom. The van der Waals surface area contributed by atoms with Crippen molar-refractivity contribution in [3.8, 4) is 0 Å². The van der Waals surface area contributed by atoms with Gasteiger partial charge in [0.2, 0.25) is 15.9 Å². The summed E-state index contributed by atoms with van der Waals surface area (Å²) in [5.74, 6) is -0.0770. The molecule has 1 amide bonds. The molecular formula is C27H36N4O3S. The quantitative estimate of drug-likeness (QED) is 0.578. The number of piperazine rings is 1. The average Bonchev–Trinajstić information content (AvgIpc) is 2.90. The maximum absolute atomic E-state index is 12.6. The highest BCUT2D eigenvalue weighted by Gasteiger charge is 2.30. The van der Waals surface area contributed by atoms with Crippen molar-refractivity contribution < 1.29 is 13.2 Å². The van der Waals surface area contributed by atoms with Crippen LogP contribution in [0, 0.1) is 5.92 Å². The Morgan fingerprint density at radius 3 is 2.11 bits per heavy atom. The van der Waals surface area contributed by atoms with Crippen molar-refractivity contribution in [1.82, 2.24) is 19.4 Å². The van der Waals surface area contributed by atoms with Crippen LogP contribution in [-0.4, -0.2) is 80.8 Å². The lowest BCUT2D eigenvalue weighted by molar-refractivity contribution is -0.126. The topological polar surface area (TPSA) is 73.0 Å². The van der Waals surface area contributed by atoms with Crippen LogP contribution in [-0.2, 0) is 21.4 Å². The molecule has 7 nitrogen and oxygen atoms in total. The van der Waals surface area contributed by atoms with Crippen molar-refractivity contribution in [3.63, 3.8) is 0 Å². The summed E-state index contributed by atoms with van der Waals surface area (Å²) in [4.78, 5) is 17.5. The first-order valence-electron chi connectivity index (χ1n) is 12.5. The van der Waals surface area contributed by atoms with Gasteiger partial charge in [-0.25, -0.2) is 8.42 Å². The lowest BCUT2D eigenvalue weighted by Gasteiger charge is -2.35. The molecule has 2 fully saturated rings. The predicted molar refractivity (Wildman–Crippen MR) is 140 cm³/mol. The Hall–Kier alpha value is -2.52. The van der Waals surface area contributed by atoms with Gasteiger partial charge in [0.05, 0.1) is 0 Å². The van der Waals surface area contributed by atoms with Gasteiger partial charge >= 0.3 is 0 Å². The summed E-state index contributed by atoms with van der Waals surface area (Å²) in [6, 6.07) is 19.9. The van der Waals surface area contributed by atoms with E-state index >= 15 is 0 Å². The van der Waals surface area contributed by atoms with Crippen LogP contribution < -0.4 is 5.32 Å². The van der Waals surface area contributed by atoms with Gasteiger partial charge in [0, 0.05) is 70.2 Å². The van der Waals surface area contributed by atoms with Crippen LogP contribution in [0.1, 0.15) is 24.0 Å². The van der Waals surface area contributed by atoms with Crippen molar-refractivity contribution in [2.24, 2.45) is 5.92 Å². The number of sulfonamides is 1. The molecule has 2 aromatic carbocycles. The van der Waals surface area contributed by atoms with Crippen LogP contribution >= 0.6 is 0 Å². The summed E-state index contributed by atoms with van der Waals surface area (Å²) < 4.78 is 26.8. The van der Waals surface area contributed by atoms with Crippen molar-refractivity contribution in [2.45, 2.75) is 19.4 Å². The number of rotatable bonds is 9. The molecule has 0 bridgehead atoms. The van der Waals surface area contributed by atoms with Crippen LogP contribution in [0.15, 0.2) is 66.1 Å². The van der Waals surface area contributed by atoms with Gasteiger partial charge in [0.25, 0.3) is 0 Å². The monoisotopic (exact) mass is 496 g/mol. The molecule has 2 aliphatic rings. The first-order valence-corrected chi connectivity index (χ1v) is 14.0. The van der Waals surface area contributed by atoms with Crippen molar-refractivity contribution >= 4 is 22.0 Å². The molecule has 4 rings (SSSR count). The van der Waals surface area contributed by atoms with Gasteiger partial charge in [0.1, 0.15) is 0 Å². The zero-order chi connectivity index (χ0) is 24.5. The number of benzene rings is 2. The van der Waals surface area contributed by atoms with Gasteiger partial charge in [-0.05, 0) is 30.0 Å².